The standard InChI is InChI=1S/C11H20N2O4S/c1-11(2,3)17-9(14)12-13-7-8(5-6-18-4)16-10(13)15/h8H,5-7H2,1-4H3,(H,12,14). The summed E-state index contributed by atoms with van der Waals surface area (Å²) >= 11 is 1.69. The third-order valence-electron chi connectivity index (χ3n) is 2.14. The molecule has 0 saturated carbocycles. The number of rotatable bonds is 4. The molecule has 7 heteroatoms. The van der Waals surface area contributed by atoms with Gasteiger partial charge in [0.05, 0.1) is 6.54 Å². The Hall–Kier alpha value is -1.11. The van der Waals surface area contributed by atoms with E-state index in [0.717, 1.165) is 17.2 Å². The van der Waals surface area contributed by atoms with Crippen molar-refractivity contribution in [3.05, 3.63) is 0 Å². The molecule has 1 aliphatic rings. The number of nitrogens with one attached hydrogen (secondary N) is 1. The molecule has 1 unspecified atom stereocenters. The predicted molar refractivity (Wildman–Crippen MR) is 69.3 cm³/mol. The zero-order valence-corrected chi connectivity index (χ0v) is 12.0. The molecule has 1 aliphatic heterocycles. The monoisotopic (exact) mass is 276 g/mol. The van der Waals surface area contributed by atoms with Crippen molar-refractivity contribution in [2.24, 2.45) is 0 Å². The van der Waals surface area contributed by atoms with Gasteiger partial charge in [0.15, 0.2) is 0 Å². The summed E-state index contributed by atoms with van der Waals surface area (Å²) in [6.07, 6.45) is 1.42. The molecule has 0 bridgehead atoms. The molecule has 0 spiro atoms. The van der Waals surface area contributed by atoms with Gasteiger partial charge in [0.2, 0.25) is 0 Å². The first-order valence-corrected chi connectivity index (χ1v) is 7.18. The highest BCUT2D eigenvalue weighted by Crippen LogP contribution is 2.14. The van der Waals surface area contributed by atoms with Gasteiger partial charge in [-0.15, -0.1) is 0 Å². The maximum Gasteiger partial charge on any atom is 0.429 e. The maximum absolute atomic E-state index is 11.5. The van der Waals surface area contributed by atoms with E-state index in [-0.39, 0.29) is 6.10 Å². The fourth-order valence-corrected chi connectivity index (χ4v) is 1.92. The molecule has 1 heterocycles. The summed E-state index contributed by atoms with van der Waals surface area (Å²) in [5.74, 6) is 0.915. The molecule has 1 N–H and O–H groups in total. The van der Waals surface area contributed by atoms with Gasteiger partial charge in [-0.3, -0.25) is 0 Å². The van der Waals surface area contributed by atoms with Crippen LogP contribution in [0.3, 0.4) is 0 Å². The number of carbonyl (C=O) groups is 2. The van der Waals surface area contributed by atoms with Crippen LogP contribution in [0.4, 0.5) is 9.59 Å². The van der Waals surface area contributed by atoms with Gasteiger partial charge in [-0.05, 0) is 39.2 Å². The van der Waals surface area contributed by atoms with E-state index < -0.39 is 17.8 Å². The van der Waals surface area contributed by atoms with Gasteiger partial charge in [0.1, 0.15) is 11.7 Å². The van der Waals surface area contributed by atoms with E-state index in [1.807, 2.05) is 6.26 Å². The maximum atomic E-state index is 11.5. The lowest BCUT2D eigenvalue weighted by molar-refractivity contribution is 0.0389. The molecule has 0 radical (unpaired) electrons. The minimum absolute atomic E-state index is 0.167. The van der Waals surface area contributed by atoms with Gasteiger partial charge in [-0.25, -0.2) is 20.0 Å². The van der Waals surface area contributed by atoms with Crippen LogP contribution in [-0.4, -0.2) is 47.5 Å². The third kappa shape index (κ3) is 5.03. The van der Waals surface area contributed by atoms with Gasteiger partial charge >= 0.3 is 12.2 Å². The number of amides is 2. The molecule has 1 fully saturated rings. The Kier molecular flexibility index (Phi) is 5.13. The summed E-state index contributed by atoms with van der Waals surface area (Å²) < 4.78 is 10.2. The molecule has 1 atom stereocenters. The van der Waals surface area contributed by atoms with Crippen LogP contribution >= 0.6 is 11.8 Å². The molecule has 18 heavy (non-hydrogen) atoms. The lowest BCUT2D eigenvalue weighted by Crippen LogP contribution is -2.45. The van der Waals surface area contributed by atoms with E-state index in [1.165, 1.54) is 0 Å². The van der Waals surface area contributed by atoms with Crippen molar-refractivity contribution < 1.29 is 19.1 Å². The van der Waals surface area contributed by atoms with Crippen molar-refractivity contribution in [1.82, 2.24) is 10.4 Å². The molecule has 0 aromatic heterocycles. The molecule has 0 aromatic carbocycles. The zero-order chi connectivity index (χ0) is 13.8. The van der Waals surface area contributed by atoms with E-state index in [9.17, 15) is 9.59 Å². The smallest absolute Gasteiger partial charge is 0.429 e. The molecule has 6 nitrogen and oxygen atoms in total. The second-order valence-electron chi connectivity index (χ2n) is 5.01. The topological polar surface area (TPSA) is 67.9 Å². The predicted octanol–water partition coefficient (Wildman–Crippen LogP) is 2.00. The number of cyclic esters (lactones) is 1. The summed E-state index contributed by atoms with van der Waals surface area (Å²) in [4.78, 5) is 23.0. The second-order valence-corrected chi connectivity index (χ2v) is 6.00. The van der Waals surface area contributed by atoms with E-state index in [4.69, 9.17) is 9.47 Å². The summed E-state index contributed by atoms with van der Waals surface area (Å²) in [7, 11) is 0. The van der Waals surface area contributed by atoms with Crippen molar-refractivity contribution >= 4 is 23.9 Å². The molecule has 0 aliphatic carbocycles. The number of nitrogens with zero attached hydrogens (tertiary/aromatic N) is 1. The fourth-order valence-electron chi connectivity index (χ4n) is 1.42. The number of ether oxygens (including phenoxy) is 2. The molecule has 0 aromatic rings. The number of thioether (sulfide) groups is 1. The lowest BCUT2D eigenvalue weighted by Gasteiger charge is -2.22. The first-order valence-electron chi connectivity index (χ1n) is 5.78. The normalized spacial score (nSPS) is 19.7. The van der Waals surface area contributed by atoms with Crippen LogP contribution in [0.5, 0.6) is 0 Å². The van der Waals surface area contributed by atoms with Crippen LogP contribution in [-0.2, 0) is 9.47 Å². The Morgan fingerprint density at radius 2 is 2.28 bits per heavy atom. The van der Waals surface area contributed by atoms with E-state index >= 15 is 0 Å². The average molecular weight is 276 g/mol. The quantitative estimate of drug-likeness (QED) is 0.850. The second kappa shape index (κ2) is 6.17. The molecular weight excluding hydrogens is 256 g/mol. The number of carbonyl (C=O) groups excluding carboxylic acids is 2. The molecule has 2 amide bonds. The highest BCUT2D eigenvalue weighted by atomic mass is 32.2. The molecule has 104 valence electrons. The molecule has 1 saturated heterocycles. The van der Waals surface area contributed by atoms with Gasteiger partial charge in [0.25, 0.3) is 0 Å². The summed E-state index contributed by atoms with van der Waals surface area (Å²) in [6, 6.07) is 0. The minimum Gasteiger partial charge on any atom is -0.443 e. The number of hydrogen-bond donors (Lipinski definition) is 1. The fraction of sp³-hybridized carbons (Fsp3) is 0.818. The Bertz CT molecular complexity index is 317. The Morgan fingerprint density at radius 3 is 2.83 bits per heavy atom. The average Bonchev–Trinajstić information content (AvgIpc) is 2.53. The largest absolute Gasteiger partial charge is 0.443 e. The first kappa shape index (κ1) is 14.9. The molecular formula is C11H20N2O4S. The van der Waals surface area contributed by atoms with Crippen LogP contribution in [0.25, 0.3) is 0 Å². The van der Waals surface area contributed by atoms with Gasteiger partial charge in [0, 0.05) is 0 Å². The Labute approximate surface area is 111 Å². The highest BCUT2D eigenvalue weighted by Gasteiger charge is 2.33. The summed E-state index contributed by atoms with van der Waals surface area (Å²) in [5.41, 5.74) is 1.79. The summed E-state index contributed by atoms with van der Waals surface area (Å²) in [6.45, 7) is 5.64. The van der Waals surface area contributed by atoms with Gasteiger partial charge < -0.3 is 9.47 Å². The number of hydrogen-bond acceptors (Lipinski definition) is 5. The van der Waals surface area contributed by atoms with Crippen molar-refractivity contribution in [2.75, 3.05) is 18.6 Å². The Morgan fingerprint density at radius 1 is 1.61 bits per heavy atom. The van der Waals surface area contributed by atoms with E-state index in [1.54, 1.807) is 32.5 Å². The summed E-state index contributed by atoms with van der Waals surface area (Å²) in [5, 5.41) is 1.15. The van der Waals surface area contributed by atoms with Gasteiger partial charge in [-0.2, -0.15) is 11.8 Å². The highest BCUT2D eigenvalue weighted by molar-refractivity contribution is 7.98. The SMILES string of the molecule is CSCCC1CN(NC(=O)OC(C)(C)C)C(=O)O1. The minimum atomic E-state index is -0.648. The van der Waals surface area contributed by atoms with Gasteiger partial charge in [-0.1, -0.05) is 0 Å². The van der Waals surface area contributed by atoms with Crippen LogP contribution < -0.4 is 5.43 Å². The first-order chi connectivity index (χ1) is 8.31. The van der Waals surface area contributed by atoms with Crippen LogP contribution in [0.1, 0.15) is 27.2 Å². The van der Waals surface area contributed by atoms with Crippen molar-refractivity contribution in [2.45, 2.75) is 38.9 Å². The van der Waals surface area contributed by atoms with Crippen molar-refractivity contribution in [1.29, 1.82) is 0 Å². The lowest BCUT2D eigenvalue weighted by atomic mass is 10.2. The number of hydrazine groups is 1. The molecule has 1 rings (SSSR count). The van der Waals surface area contributed by atoms with Crippen LogP contribution in [0.2, 0.25) is 0 Å². The van der Waals surface area contributed by atoms with E-state index in [0.29, 0.717) is 6.54 Å². The van der Waals surface area contributed by atoms with E-state index in [2.05, 4.69) is 5.43 Å². The zero-order valence-electron chi connectivity index (χ0n) is 11.2. The van der Waals surface area contributed by atoms with Crippen LogP contribution in [0, 0.1) is 0 Å². The van der Waals surface area contributed by atoms with Crippen molar-refractivity contribution in [3.63, 3.8) is 0 Å². The van der Waals surface area contributed by atoms with Crippen LogP contribution in [0.15, 0.2) is 0 Å². The Balaban J connectivity index is 2.39. The third-order valence-corrected chi connectivity index (χ3v) is 2.79. The van der Waals surface area contributed by atoms with Crippen molar-refractivity contribution in [3.8, 4) is 0 Å².